The Balaban J connectivity index is 1.98. The molecule has 1 aliphatic heterocycles. The normalized spacial score (nSPS) is 25.6. The van der Waals surface area contributed by atoms with Crippen LogP contribution in [-0.2, 0) is 5.41 Å². The van der Waals surface area contributed by atoms with Crippen LogP contribution >= 0.6 is 12.2 Å². The SMILES string of the molecule is NC1C=CC(C2(c3ccccc3)CC2)=NC1=S. The van der Waals surface area contributed by atoms with Gasteiger partial charge in [0.2, 0.25) is 0 Å². The van der Waals surface area contributed by atoms with Gasteiger partial charge >= 0.3 is 0 Å². The fourth-order valence-corrected chi connectivity index (χ4v) is 2.53. The molecule has 0 amide bonds. The first-order valence-electron chi connectivity index (χ1n) is 5.85. The molecule has 0 saturated heterocycles. The molecular formula is C14H14N2S. The molecule has 1 saturated carbocycles. The molecule has 86 valence electrons. The Hall–Kier alpha value is -1.32. The molecule has 2 aliphatic rings. The predicted octanol–water partition coefficient (Wildman–Crippen LogP) is 2.38. The molecule has 1 fully saturated rings. The lowest BCUT2D eigenvalue weighted by Gasteiger charge is -2.20. The highest BCUT2D eigenvalue weighted by Crippen LogP contribution is 2.50. The number of rotatable bonds is 2. The number of aliphatic imine (C=N–C) groups is 1. The van der Waals surface area contributed by atoms with E-state index in [4.69, 9.17) is 18.0 Å². The van der Waals surface area contributed by atoms with E-state index in [-0.39, 0.29) is 11.5 Å². The second-order valence-corrected chi connectivity index (χ2v) is 5.09. The van der Waals surface area contributed by atoms with E-state index in [1.165, 1.54) is 5.56 Å². The van der Waals surface area contributed by atoms with E-state index in [1.54, 1.807) is 0 Å². The molecule has 1 heterocycles. The molecule has 1 aromatic carbocycles. The lowest BCUT2D eigenvalue weighted by Crippen LogP contribution is -2.32. The van der Waals surface area contributed by atoms with Gasteiger partial charge in [0.1, 0.15) is 4.99 Å². The van der Waals surface area contributed by atoms with Gasteiger partial charge in [-0.05, 0) is 24.5 Å². The molecule has 1 aliphatic carbocycles. The quantitative estimate of drug-likeness (QED) is 0.809. The summed E-state index contributed by atoms with van der Waals surface area (Å²) in [6.07, 6.45) is 6.30. The third-order valence-electron chi connectivity index (χ3n) is 3.54. The Labute approximate surface area is 106 Å². The summed E-state index contributed by atoms with van der Waals surface area (Å²) >= 11 is 5.19. The second-order valence-electron chi connectivity index (χ2n) is 4.67. The van der Waals surface area contributed by atoms with E-state index in [0.29, 0.717) is 4.99 Å². The van der Waals surface area contributed by atoms with Gasteiger partial charge in [0.05, 0.1) is 11.8 Å². The Morgan fingerprint density at radius 3 is 2.53 bits per heavy atom. The summed E-state index contributed by atoms with van der Waals surface area (Å²) in [6, 6.07) is 10.3. The minimum atomic E-state index is -0.194. The lowest BCUT2D eigenvalue weighted by atomic mass is 9.89. The van der Waals surface area contributed by atoms with Crippen LogP contribution in [0.4, 0.5) is 0 Å². The highest BCUT2D eigenvalue weighted by Gasteiger charge is 2.48. The van der Waals surface area contributed by atoms with Crippen LogP contribution < -0.4 is 5.73 Å². The Bertz CT molecular complexity index is 512. The van der Waals surface area contributed by atoms with Gasteiger partial charge < -0.3 is 5.73 Å². The number of nitrogens with zero attached hydrogens (tertiary/aromatic N) is 1. The van der Waals surface area contributed by atoms with Crippen molar-refractivity contribution in [1.82, 2.24) is 0 Å². The summed E-state index contributed by atoms with van der Waals surface area (Å²) in [5.74, 6) is 0. The monoisotopic (exact) mass is 242 g/mol. The summed E-state index contributed by atoms with van der Waals surface area (Å²) in [5.41, 5.74) is 8.32. The standard InChI is InChI=1S/C14H14N2S/c15-11-6-7-12(16-13(11)17)14(8-9-14)10-4-2-1-3-5-10/h1-7,11H,8-9,15H2. The molecule has 0 bridgehead atoms. The van der Waals surface area contributed by atoms with Gasteiger partial charge in [-0.25, -0.2) is 4.99 Å². The van der Waals surface area contributed by atoms with Gasteiger partial charge in [-0.15, -0.1) is 0 Å². The molecule has 2 N–H and O–H groups in total. The van der Waals surface area contributed by atoms with Crippen molar-refractivity contribution in [2.75, 3.05) is 0 Å². The molecular weight excluding hydrogens is 228 g/mol. The van der Waals surface area contributed by atoms with Crippen LogP contribution in [0.5, 0.6) is 0 Å². The van der Waals surface area contributed by atoms with Crippen molar-refractivity contribution in [3.05, 3.63) is 48.0 Å². The maximum Gasteiger partial charge on any atom is 0.124 e. The van der Waals surface area contributed by atoms with Crippen molar-refractivity contribution in [3.8, 4) is 0 Å². The first kappa shape index (κ1) is 10.8. The topological polar surface area (TPSA) is 38.4 Å². The van der Waals surface area contributed by atoms with Crippen LogP contribution in [0.2, 0.25) is 0 Å². The first-order chi connectivity index (χ1) is 8.22. The highest BCUT2D eigenvalue weighted by atomic mass is 32.1. The lowest BCUT2D eigenvalue weighted by molar-refractivity contribution is 0.943. The third kappa shape index (κ3) is 1.75. The van der Waals surface area contributed by atoms with Crippen molar-refractivity contribution in [2.24, 2.45) is 10.7 Å². The van der Waals surface area contributed by atoms with Crippen LogP contribution in [0.25, 0.3) is 0 Å². The Morgan fingerprint density at radius 1 is 1.24 bits per heavy atom. The zero-order chi connectivity index (χ0) is 11.9. The van der Waals surface area contributed by atoms with Gasteiger partial charge in [0.25, 0.3) is 0 Å². The van der Waals surface area contributed by atoms with E-state index in [0.717, 1.165) is 18.6 Å². The molecule has 3 rings (SSSR count). The van der Waals surface area contributed by atoms with Crippen LogP contribution in [0.3, 0.4) is 0 Å². The van der Waals surface area contributed by atoms with Crippen LogP contribution in [0.1, 0.15) is 18.4 Å². The predicted molar refractivity (Wildman–Crippen MR) is 74.5 cm³/mol. The van der Waals surface area contributed by atoms with Gasteiger partial charge in [0.15, 0.2) is 0 Å². The van der Waals surface area contributed by atoms with E-state index >= 15 is 0 Å². The average molecular weight is 242 g/mol. The molecule has 3 heteroatoms. The maximum absolute atomic E-state index is 5.81. The number of hydrogen-bond donors (Lipinski definition) is 1. The van der Waals surface area contributed by atoms with Crippen molar-refractivity contribution < 1.29 is 0 Å². The molecule has 0 aromatic heterocycles. The smallest absolute Gasteiger partial charge is 0.124 e. The molecule has 0 radical (unpaired) electrons. The number of thiocarbonyl (C=S) groups is 1. The zero-order valence-electron chi connectivity index (χ0n) is 9.47. The molecule has 2 nitrogen and oxygen atoms in total. The number of hydrogen-bond acceptors (Lipinski definition) is 2. The minimum Gasteiger partial charge on any atom is -0.319 e. The summed E-state index contributed by atoms with van der Waals surface area (Å²) < 4.78 is 0. The summed E-state index contributed by atoms with van der Waals surface area (Å²) in [4.78, 5) is 5.11. The molecule has 17 heavy (non-hydrogen) atoms. The van der Waals surface area contributed by atoms with Crippen molar-refractivity contribution in [3.63, 3.8) is 0 Å². The highest BCUT2D eigenvalue weighted by molar-refractivity contribution is 7.80. The van der Waals surface area contributed by atoms with E-state index in [1.807, 2.05) is 18.2 Å². The van der Waals surface area contributed by atoms with Crippen LogP contribution in [0, 0.1) is 0 Å². The van der Waals surface area contributed by atoms with E-state index in [9.17, 15) is 0 Å². The van der Waals surface area contributed by atoms with Gasteiger partial charge in [-0.3, -0.25) is 0 Å². The number of nitrogens with two attached hydrogens (primary N) is 1. The molecule has 1 unspecified atom stereocenters. The molecule has 1 aromatic rings. The summed E-state index contributed by atoms with van der Waals surface area (Å²) in [7, 11) is 0. The van der Waals surface area contributed by atoms with Crippen molar-refractivity contribution >= 4 is 22.9 Å². The van der Waals surface area contributed by atoms with Crippen molar-refractivity contribution in [1.29, 1.82) is 0 Å². The maximum atomic E-state index is 5.81. The minimum absolute atomic E-state index is 0.0992. The van der Waals surface area contributed by atoms with Crippen LogP contribution in [0.15, 0.2) is 47.5 Å². The number of allylic oxidation sites excluding steroid dienone is 1. The van der Waals surface area contributed by atoms with E-state index < -0.39 is 0 Å². The van der Waals surface area contributed by atoms with Gasteiger partial charge in [0, 0.05) is 5.41 Å². The molecule has 0 spiro atoms. The Morgan fingerprint density at radius 2 is 1.94 bits per heavy atom. The summed E-state index contributed by atoms with van der Waals surface area (Å²) in [5, 5.41) is 0. The largest absolute Gasteiger partial charge is 0.319 e. The van der Waals surface area contributed by atoms with Gasteiger partial charge in [-0.1, -0.05) is 48.6 Å². The number of dihydropyridines is 1. The van der Waals surface area contributed by atoms with Crippen LogP contribution in [-0.4, -0.2) is 16.7 Å². The Kier molecular flexibility index (Phi) is 2.45. The second kappa shape index (κ2) is 3.86. The third-order valence-corrected chi connectivity index (χ3v) is 3.91. The van der Waals surface area contributed by atoms with Gasteiger partial charge in [-0.2, -0.15) is 0 Å². The number of benzene rings is 1. The fraction of sp³-hybridized carbons (Fsp3) is 0.286. The average Bonchev–Trinajstić information content (AvgIpc) is 3.15. The van der Waals surface area contributed by atoms with Crippen molar-refractivity contribution in [2.45, 2.75) is 24.3 Å². The zero-order valence-corrected chi connectivity index (χ0v) is 10.3. The fourth-order valence-electron chi connectivity index (χ4n) is 2.35. The molecule has 1 atom stereocenters. The first-order valence-corrected chi connectivity index (χ1v) is 6.25. The summed E-state index contributed by atoms with van der Waals surface area (Å²) in [6.45, 7) is 0. The van der Waals surface area contributed by atoms with E-state index in [2.05, 4.69) is 29.3 Å².